The monoisotopic (exact) mass is 261 g/mol. The van der Waals surface area contributed by atoms with Crippen LogP contribution in [0.3, 0.4) is 0 Å². The van der Waals surface area contributed by atoms with E-state index in [4.69, 9.17) is 4.74 Å². The van der Waals surface area contributed by atoms with Gasteiger partial charge in [0.25, 0.3) is 0 Å². The average Bonchev–Trinajstić information content (AvgIpc) is 2.52. The van der Waals surface area contributed by atoms with Gasteiger partial charge in [0, 0.05) is 0 Å². The highest BCUT2D eigenvalue weighted by Gasteiger charge is 2.48. The third-order valence-electron chi connectivity index (χ3n) is 2.51. The minimum Gasteiger partial charge on any atom is -0.467 e. The highest BCUT2D eigenvalue weighted by atomic mass is 16.6. The van der Waals surface area contributed by atoms with E-state index in [9.17, 15) is 19.8 Å². The van der Waals surface area contributed by atoms with Gasteiger partial charge in [0.2, 0.25) is 0 Å². The number of aliphatic hydroxyl groups excluding tert-OH is 2. The molecule has 0 radical (unpaired) electrons. The molecule has 0 unspecified atom stereocenters. The van der Waals surface area contributed by atoms with Gasteiger partial charge in [0.05, 0.1) is 13.7 Å². The fourth-order valence-electron chi connectivity index (χ4n) is 1.71. The summed E-state index contributed by atoms with van der Waals surface area (Å²) in [6, 6.07) is -1.24. The summed E-state index contributed by atoms with van der Waals surface area (Å²) in [6.07, 6.45) is -3.33. The van der Waals surface area contributed by atoms with Crippen molar-refractivity contribution >= 4 is 12.1 Å². The van der Waals surface area contributed by atoms with Crippen LogP contribution in [0.5, 0.6) is 0 Å². The number of nitrogens with zero attached hydrogens (tertiary/aromatic N) is 1. The van der Waals surface area contributed by atoms with Gasteiger partial charge in [-0.15, -0.1) is 0 Å². The van der Waals surface area contributed by atoms with E-state index >= 15 is 0 Å². The van der Waals surface area contributed by atoms with Crippen LogP contribution in [-0.4, -0.2) is 64.7 Å². The molecule has 1 aliphatic rings. The molecule has 1 saturated heterocycles. The standard InChI is InChI=1S/C11H19NO6/c1-11(2,3)18-10(16)12-5-6(13)8(14)7(12)9(15)17-4/h6-8,13-14H,5H2,1-4H3/t6-,7-,8-/m0/s1. The van der Waals surface area contributed by atoms with Gasteiger partial charge in [0.15, 0.2) is 6.04 Å². The molecule has 3 atom stereocenters. The Bertz CT molecular complexity index is 337. The maximum Gasteiger partial charge on any atom is 0.411 e. The molecule has 0 bridgehead atoms. The molecule has 7 heteroatoms. The number of carbonyl (C=O) groups is 2. The Morgan fingerprint density at radius 3 is 2.28 bits per heavy atom. The number of methoxy groups -OCH3 is 1. The molecule has 0 aromatic heterocycles. The number of β-amino-alcohol motifs (C(OH)–C–C–N with tert-alkyl or cyclic N) is 1. The molecule has 104 valence electrons. The summed E-state index contributed by atoms with van der Waals surface area (Å²) in [4.78, 5) is 24.3. The number of hydrogen-bond acceptors (Lipinski definition) is 6. The lowest BCUT2D eigenvalue weighted by molar-refractivity contribution is -0.149. The minimum atomic E-state index is -1.37. The topological polar surface area (TPSA) is 96.3 Å². The van der Waals surface area contributed by atoms with E-state index in [2.05, 4.69) is 4.74 Å². The van der Waals surface area contributed by atoms with E-state index in [1.165, 1.54) is 0 Å². The first-order valence-corrected chi connectivity index (χ1v) is 5.61. The summed E-state index contributed by atoms with van der Waals surface area (Å²) in [5.41, 5.74) is -0.726. The second kappa shape index (κ2) is 5.11. The molecule has 1 heterocycles. The van der Waals surface area contributed by atoms with Crippen LogP contribution in [0, 0.1) is 0 Å². The van der Waals surface area contributed by atoms with Crippen LogP contribution in [0.4, 0.5) is 4.79 Å². The molecule has 18 heavy (non-hydrogen) atoms. The third-order valence-corrected chi connectivity index (χ3v) is 2.51. The van der Waals surface area contributed by atoms with Crippen molar-refractivity contribution < 1.29 is 29.3 Å². The molecule has 0 spiro atoms. The Hall–Kier alpha value is -1.34. The van der Waals surface area contributed by atoms with Crippen molar-refractivity contribution in [2.75, 3.05) is 13.7 Å². The Morgan fingerprint density at radius 1 is 1.28 bits per heavy atom. The number of esters is 1. The first kappa shape index (κ1) is 14.7. The first-order valence-electron chi connectivity index (χ1n) is 5.61. The van der Waals surface area contributed by atoms with Gasteiger partial charge in [-0.1, -0.05) is 0 Å². The lowest BCUT2D eigenvalue weighted by Crippen LogP contribution is -2.47. The molecule has 0 saturated carbocycles. The molecular weight excluding hydrogens is 242 g/mol. The highest BCUT2D eigenvalue weighted by Crippen LogP contribution is 2.22. The molecule has 1 amide bonds. The maximum absolute atomic E-state index is 11.9. The normalized spacial score (nSPS) is 28.1. The number of aliphatic hydroxyl groups is 2. The summed E-state index contributed by atoms with van der Waals surface area (Å²) in [5.74, 6) is -0.787. The van der Waals surface area contributed by atoms with E-state index in [1.54, 1.807) is 20.8 Å². The molecule has 1 fully saturated rings. The summed E-state index contributed by atoms with van der Waals surface area (Å²) >= 11 is 0. The molecule has 0 aliphatic carbocycles. The number of likely N-dealkylation sites (tertiary alicyclic amines) is 1. The Labute approximate surface area is 105 Å². The Balaban J connectivity index is 2.86. The molecule has 1 rings (SSSR count). The average molecular weight is 261 g/mol. The fourth-order valence-corrected chi connectivity index (χ4v) is 1.71. The van der Waals surface area contributed by atoms with Crippen LogP contribution in [0.15, 0.2) is 0 Å². The fraction of sp³-hybridized carbons (Fsp3) is 0.818. The van der Waals surface area contributed by atoms with Crippen LogP contribution < -0.4 is 0 Å². The second-order valence-corrected chi connectivity index (χ2v) is 5.16. The Morgan fingerprint density at radius 2 is 1.83 bits per heavy atom. The molecule has 2 N–H and O–H groups in total. The Kier molecular flexibility index (Phi) is 4.18. The van der Waals surface area contributed by atoms with Crippen molar-refractivity contribution in [3.05, 3.63) is 0 Å². The quantitative estimate of drug-likeness (QED) is 0.618. The molecule has 7 nitrogen and oxygen atoms in total. The predicted molar refractivity (Wildman–Crippen MR) is 60.8 cm³/mol. The summed E-state index contributed by atoms with van der Waals surface area (Å²) in [7, 11) is 1.15. The van der Waals surface area contributed by atoms with Crippen molar-refractivity contribution in [2.24, 2.45) is 0 Å². The minimum absolute atomic E-state index is 0.171. The third kappa shape index (κ3) is 3.11. The van der Waals surface area contributed by atoms with Crippen molar-refractivity contribution in [1.82, 2.24) is 4.90 Å². The number of hydrogen-bond donors (Lipinski definition) is 2. The van der Waals surface area contributed by atoms with E-state index < -0.39 is 35.9 Å². The van der Waals surface area contributed by atoms with Gasteiger partial charge in [-0.25, -0.2) is 9.59 Å². The van der Waals surface area contributed by atoms with Gasteiger partial charge in [-0.3, -0.25) is 4.90 Å². The summed E-state index contributed by atoms with van der Waals surface area (Å²) < 4.78 is 9.60. The van der Waals surface area contributed by atoms with Gasteiger partial charge in [0.1, 0.15) is 17.8 Å². The van der Waals surface area contributed by atoms with Crippen molar-refractivity contribution in [3.63, 3.8) is 0 Å². The zero-order valence-corrected chi connectivity index (χ0v) is 10.9. The van der Waals surface area contributed by atoms with Crippen molar-refractivity contribution in [2.45, 2.75) is 44.6 Å². The van der Waals surface area contributed by atoms with Crippen molar-refractivity contribution in [3.8, 4) is 0 Å². The predicted octanol–water partition coefficient (Wildman–Crippen LogP) is -0.500. The molecule has 0 aromatic rings. The van der Waals surface area contributed by atoms with Gasteiger partial charge in [-0.2, -0.15) is 0 Å². The summed E-state index contributed by atoms with van der Waals surface area (Å²) in [6.45, 7) is 4.87. The molecule has 0 aromatic carbocycles. The number of amides is 1. The molecular formula is C11H19NO6. The van der Waals surface area contributed by atoms with E-state index in [1.807, 2.05) is 0 Å². The van der Waals surface area contributed by atoms with E-state index in [0.717, 1.165) is 12.0 Å². The smallest absolute Gasteiger partial charge is 0.411 e. The summed E-state index contributed by atoms with van der Waals surface area (Å²) in [5, 5.41) is 19.2. The van der Waals surface area contributed by atoms with Crippen LogP contribution in [0.1, 0.15) is 20.8 Å². The highest BCUT2D eigenvalue weighted by molar-refractivity contribution is 5.83. The second-order valence-electron chi connectivity index (χ2n) is 5.16. The van der Waals surface area contributed by atoms with Gasteiger partial charge in [-0.05, 0) is 20.8 Å². The van der Waals surface area contributed by atoms with Crippen LogP contribution >= 0.6 is 0 Å². The first-order chi connectivity index (χ1) is 8.17. The van der Waals surface area contributed by atoms with Gasteiger partial charge < -0.3 is 19.7 Å². The largest absolute Gasteiger partial charge is 0.467 e. The SMILES string of the molecule is COC(=O)[C@@H]1[C@@H](O)[C@@H](O)CN1C(=O)OC(C)(C)C. The van der Waals surface area contributed by atoms with Crippen molar-refractivity contribution in [1.29, 1.82) is 0 Å². The van der Waals surface area contributed by atoms with Crippen LogP contribution in [0.2, 0.25) is 0 Å². The van der Waals surface area contributed by atoms with Gasteiger partial charge >= 0.3 is 12.1 Å². The van der Waals surface area contributed by atoms with Crippen LogP contribution in [-0.2, 0) is 14.3 Å². The number of carbonyl (C=O) groups excluding carboxylic acids is 2. The van der Waals surface area contributed by atoms with Crippen LogP contribution in [0.25, 0.3) is 0 Å². The number of rotatable bonds is 1. The number of ether oxygens (including phenoxy) is 2. The van der Waals surface area contributed by atoms with E-state index in [-0.39, 0.29) is 6.54 Å². The van der Waals surface area contributed by atoms with E-state index in [0.29, 0.717) is 0 Å². The molecule has 1 aliphatic heterocycles. The zero-order valence-electron chi connectivity index (χ0n) is 10.9. The lowest BCUT2D eigenvalue weighted by atomic mass is 10.1. The maximum atomic E-state index is 11.9. The zero-order chi connectivity index (χ0) is 14.1. The lowest BCUT2D eigenvalue weighted by Gasteiger charge is -2.27.